The fourth-order valence-electron chi connectivity index (χ4n) is 1.73. The van der Waals surface area contributed by atoms with E-state index >= 15 is 0 Å². The van der Waals surface area contributed by atoms with Crippen LogP contribution in [0.3, 0.4) is 0 Å². The molecule has 0 saturated carbocycles. The van der Waals surface area contributed by atoms with E-state index in [1.54, 1.807) is 12.1 Å². The first-order valence-electron chi connectivity index (χ1n) is 6.11. The second kappa shape index (κ2) is 6.60. The molecule has 0 aliphatic rings. The number of halogens is 2. The molecule has 114 valence electrons. The highest BCUT2D eigenvalue weighted by molar-refractivity contribution is 6.35. The SMILES string of the molecule is C=C(NNC(=O)c1ccccc1O)c1cc(Cl)cc(Cl)c1O. The zero-order valence-corrected chi connectivity index (χ0v) is 12.7. The molecule has 1 amide bonds. The van der Waals surface area contributed by atoms with Crippen LogP contribution in [0.25, 0.3) is 5.70 Å². The molecule has 2 rings (SSSR count). The van der Waals surface area contributed by atoms with Gasteiger partial charge in [-0.15, -0.1) is 0 Å². The molecule has 2 aromatic carbocycles. The van der Waals surface area contributed by atoms with Crippen molar-refractivity contribution in [3.8, 4) is 11.5 Å². The van der Waals surface area contributed by atoms with Crippen LogP contribution in [0.2, 0.25) is 10.0 Å². The van der Waals surface area contributed by atoms with Crippen LogP contribution in [-0.2, 0) is 0 Å². The number of hydrogen-bond acceptors (Lipinski definition) is 4. The molecule has 5 nitrogen and oxygen atoms in total. The van der Waals surface area contributed by atoms with Gasteiger partial charge in [0.1, 0.15) is 11.5 Å². The average molecular weight is 339 g/mol. The largest absolute Gasteiger partial charge is 0.507 e. The van der Waals surface area contributed by atoms with E-state index in [0.717, 1.165) is 0 Å². The van der Waals surface area contributed by atoms with E-state index in [1.807, 2.05) is 0 Å². The van der Waals surface area contributed by atoms with Gasteiger partial charge in [-0.3, -0.25) is 15.6 Å². The van der Waals surface area contributed by atoms with Gasteiger partial charge >= 0.3 is 0 Å². The van der Waals surface area contributed by atoms with Gasteiger partial charge in [-0.1, -0.05) is 41.9 Å². The maximum Gasteiger partial charge on any atom is 0.273 e. The van der Waals surface area contributed by atoms with Gasteiger partial charge in [0, 0.05) is 10.6 Å². The Balaban J connectivity index is 2.11. The Morgan fingerprint density at radius 3 is 2.41 bits per heavy atom. The zero-order valence-electron chi connectivity index (χ0n) is 11.2. The summed E-state index contributed by atoms with van der Waals surface area (Å²) in [5.74, 6) is -0.923. The summed E-state index contributed by atoms with van der Waals surface area (Å²) in [6, 6.07) is 8.91. The highest BCUT2D eigenvalue weighted by Gasteiger charge is 2.13. The monoisotopic (exact) mass is 338 g/mol. The summed E-state index contributed by atoms with van der Waals surface area (Å²) in [5.41, 5.74) is 5.42. The summed E-state index contributed by atoms with van der Waals surface area (Å²) in [6.45, 7) is 3.69. The van der Waals surface area contributed by atoms with E-state index < -0.39 is 5.91 Å². The first-order chi connectivity index (χ1) is 10.4. The lowest BCUT2D eigenvalue weighted by Crippen LogP contribution is -2.35. The number of amides is 1. The van der Waals surface area contributed by atoms with Gasteiger partial charge in [-0.05, 0) is 24.3 Å². The predicted octanol–water partition coefficient (Wildman–Crippen LogP) is 3.31. The summed E-state index contributed by atoms with van der Waals surface area (Å²) < 4.78 is 0. The Bertz CT molecular complexity index is 748. The van der Waals surface area contributed by atoms with Crippen molar-refractivity contribution < 1.29 is 15.0 Å². The molecule has 2 aromatic rings. The van der Waals surface area contributed by atoms with Gasteiger partial charge in [0.2, 0.25) is 0 Å². The maximum atomic E-state index is 11.9. The Labute approximate surface area is 136 Å². The minimum atomic E-state index is -0.563. The third-order valence-electron chi connectivity index (χ3n) is 2.83. The molecule has 0 radical (unpaired) electrons. The number of benzene rings is 2. The fourth-order valence-corrected chi connectivity index (χ4v) is 2.22. The van der Waals surface area contributed by atoms with Crippen molar-refractivity contribution in [2.45, 2.75) is 0 Å². The highest BCUT2D eigenvalue weighted by Crippen LogP contribution is 2.33. The lowest BCUT2D eigenvalue weighted by Gasteiger charge is -2.14. The molecule has 0 bridgehead atoms. The Morgan fingerprint density at radius 2 is 1.73 bits per heavy atom. The average Bonchev–Trinajstić information content (AvgIpc) is 2.48. The summed E-state index contributed by atoms with van der Waals surface area (Å²) in [5, 5.41) is 19.8. The van der Waals surface area contributed by atoms with E-state index in [1.165, 1.54) is 24.3 Å². The van der Waals surface area contributed by atoms with Crippen molar-refractivity contribution in [3.63, 3.8) is 0 Å². The molecule has 0 aliphatic carbocycles. The van der Waals surface area contributed by atoms with Crippen LogP contribution in [0, 0.1) is 0 Å². The minimum absolute atomic E-state index is 0.0671. The summed E-state index contributed by atoms with van der Waals surface area (Å²) in [6.07, 6.45) is 0. The lowest BCUT2D eigenvalue weighted by molar-refractivity contribution is 0.0939. The third-order valence-corrected chi connectivity index (χ3v) is 3.34. The number of nitrogens with one attached hydrogen (secondary N) is 2. The molecule has 0 aromatic heterocycles. The summed E-state index contributed by atoms with van der Waals surface area (Å²) in [4.78, 5) is 11.9. The second-order valence-electron chi connectivity index (χ2n) is 4.36. The molecular weight excluding hydrogens is 327 g/mol. The normalized spacial score (nSPS) is 10.1. The van der Waals surface area contributed by atoms with Crippen LogP contribution in [-0.4, -0.2) is 16.1 Å². The fraction of sp³-hybridized carbons (Fsp3) is 0. The summed E-state index contributed by atoms with van der Waals surface area (Å²) >= 11 is 11.7. The number of hydrazine groups is 1. The van der Waals surface area contributed by atoms with Crippen molar-refractivity contribution >= 4 is 34.8 Å². The number of phenols is 2. The second-order valence-corrected chi connectivity index (χ2v) is 5.20. The number of hydrogen-bond donors (Lipinski definition) is 4. The first-order valence-corrected chi connectivity index (χ1v) is 6.87. The number of aromatic hydroxyl groups is 2. The van der Waals surface area contributed by atoms with E-state index in [2.05, 4.69) is 17.4 Å². The van der Waals surface area contributed by atoms with Crippen LogP contribution in [0.4, 0.5) is 0 Å². The van der Waals surface area contributed by atoms with Crippen molar-refractivity contribution in [1.82, 2.24) is 10.9 Å². The molecule has 4 N–H and O–H groups in total. The van der Waals surface area contributed by atoms with Gasteiger partial charge in [0.15, 0.2) is 0 Å². The quantitative estimate of drug-likeness (QED) is 0.644. The molecule has 22 heavy (non-hydrogen) atoms. The van der Waals surface area contributed by atoms with E-state index in [4.69, 9.17) is 23.2 Å². The number of para-hydroxylation sites is 1. The third kappa shape index (κ3) is 3.44. The van der Waals surface area contributed by atoms with Crippen molar-refractivity contribution in [1.29, 1.82) is 0 Å². The van der Waals surface area contributed by atoms with Gasteiger partial charge in [-0.25, -0.2) is 0 Å². The van der Waals surface area contributed by atoms with Crippen LogP contribution >= 0.6 is 23.2 Å². The number of carbonyl (C=O) groups is 1. The lowest BCUT2D eigenvalue weighted by atomic mass is 10.1. The molecule has 7 heteroatoms. The predicted molar refractivity (Wildman–Crippen MR) is 85.9 cm³/mol. The Hall–Kier alpha value is -2.37. The smallest absolute Gasteiger partial charge is 0.273 e. The molecule has 0 unspecified atom stereocenters. The van der Waals surface area contributed by atoms with Gasteiger partial charge in [-0.2, -0.15) is 0 Å². The Morgan fingerprint density at radius 1 is 1.05 bits per heavy atom. The first kappa shape index (κ1) is 16.0. The van der Waals surface area contributed by atoms with E-state index in [-0.39, 0.29) is 33.3 Å². The highest BCUT2D eigenvalue weighted by atomic mass is 35.5. The minimum Gasteiger partial charge on any atom is -0.507 e. The number of rotatable bonds is 4. The van der Waals surface area contributed by atoms with Crippen LogP contribution in [0.5, 0.6) is 11.5 Å². The van der Waals surface area contributed by atoms with Crippen molar-refractivity contribution in [3.05, 3.63) is 64.1 Å². The zero-order chi connectivity index (χ0) is 16.3. The van der Waals surface area contributed by atoms with Gasteiger partial charge in [0.25, 0.3) is 5.91 Å². The maximum absolute atomic E-state index is 11.9. The van der Waals surface area contributed by atoms with Crippen molar-refractivity contribution in [2.75, 3.05) is 0 Å². The standard InChI is InChI=1S/C15H12Cl2N2O3/c1-8(11-6-9(16)7-12(17)14(11)21)18-19-15(22)10-4-2-3-5-13(10)20/h2-7,18,20-21H,1H2,(H,19,22). The van der Waals surface area contributed by atoms with Crippen LogP contribution < -0.4 is 10.9 Å². The molecule has 0 spiro atoms. The molecule has 0 aliphatic heterocycles. The summed E-state index contributed by atoms with van der Waals surface area (Å²) in [7, 11) is 0. The molecule has 0 saturated heterocycles. The van der Waals surface area contributed by atoms with Crippen molar-refractivity contribution in [2.24, 2.45) is 0 Å². The molecule has 0 fully saturated rings. The Kier molecular flexibility index (Phi) is 4.80. The van der Waals surface area contributed by atoms with Crippen LogP contribution in [0.15, 0.2) is 43.0 Å². The van der Waals surface area contributed by atoms with E-state index in [0.29, 0.717) is 5.02 Å². The van der Waals surface area contributed by atoms with Gasteiger partial charge in [0.05, 0.1) is 16.3 Å². The topological polar surface area (TPSA) is 81.6 Å². The number of phenolic OH excluding ortho intramolecular Hbond substituents is 2. The number of carbonyl (C=O) groups excluding carboxylic acids is 1. The molecule has 0 heterocycles. The van der Waals surface area contributed by atoms with E-state index in [9.17, 15) is 15.0 Å². The molecule has 0 atom stereocenters. The van der Waals surface area contributed by atoms with Gasteiger partial charge < -0.3 is 10.2 Å². The molecular formula is C15H12Cl2N2O3. The van der Waals surface area contributed by atoms with Crippen LogP contribution in [0.1, 0.15) is 15.9 Å².